The molecule has 5 nitrogen and oxygen atoms in total. The molecule has 1 rings (SSSR count). The van der Waals surface area contributed by atoms with Crippen LogP contribution in [0, 0.1) is 0 Å². The van der Waals surface area contributed by atoms with Crippen molar-refractivity contribution in [2.24, 2.45) is 0 Å². The van der Waals surface area contributed by atoms with Gasteiger partial charge in [0.15, 0.2) is 6.61 Å². The molecule has 0 heterocycles. The van der Waals surface area contributed by atoms with Crippen LogP contribution in [-0.2, 0) is 16.1 Å². The highest BCUT2D eigenvalue weighted by Gasteiger charge is 2.09. The molecule has 0 spiro atoms. The zero-order valence-electron chi connectivity index (χ0n) is 13.1. The van der Waals surface area contributed by atoms with Crippen LogP contribution in [0.1, 0.15) is 32.3 Å². The third-order valence-corrected chi connectivity index (χ3v) is 2.95. The van der Waals surface area contributed by atoms with Gasteiger partial charge in [0.05, 0.1) is 13.7 Å². The van der Waals surface area contributed by atoms with Gasteiger partial charge in [-0.25, -0.2) is 4.79 Å². The maximum atomic E-state index is 11.6. The second-order valence-corrected chi connectivity index (χ2v) is 4.62. The van der Waals surface area contributed by atoms with Crippen LogP contribution in [0.4, 0.5) is 0 Å². The number of methoxy groups -OCH3 is 1. The number of carbonyl (C=O) groups is 1. The first-order valence-corrected chi connectivity index (χ1v) is 7.37. The molecule has 21 heavy (non-hydrogen) atoms. The standard InChI is InChI=1S/C16H25NO4/c1-4-6-9-20-16(18)12-21-15-10-14(19-3)8-7-13(15)11-17-5-2/h7-8,10,17H,4-6,9,11-12H2,1-3H3. The summed E-state index contributed by atoms with van der Waals surface area (Å²) in [5.74, 6) is 0.994. The highest BCUT2D eigenvalue weighted by molar-refractivity contribution is 5.71. The molecule has 5 heteroatoms. The summed E-state index contributed by atoms with van der Waals surface area (Å²) in [5.41, 5.74) is 0.985. The zero-order valence-corrected chi connectivity index (χ0v) is 13.1. The predicted octanol–water partition coefficient (Wildman–Crippen LogP) is 2.53. The van der Waals surface area contributed by atoms with E-state index in [2.05, 4.69) is 5.32 Å². The van der Waals surface area contributed by atoms with E-state index in [1.54, 1.807) is 13.2 Å². The third kappa shape index (κ3) is 6.49. The number of ether oxygens (including phenoxy) is 3. The maximum absolute atomic E-state index is 11.6. The fourth-order valence-electron chi connectivity index (χ4n) is 1.71. The molecule has 1 aromatic rings. The summed E-state index contributed by atoms with van der Waals surface area (Å²) in [6.07, 6.45) is 1.87. The van der Waals surface area contributed by atoms with E-state index in [0.717, 1.165) is 24.9 Å². The lowest BCUT2D eigenvalue weighted by Gasteiger charge is -2.13. The van der Waals surface area contributed by atoms with Crippen LogP contribution < -0.4 is 14.8 Å². The van der Waals surface area contributed by atoms with Crippen molar-refractivity contribution in [2.45, 2.75) is 33.2 Å². The molecule has 0 saturated heterocycles. The van der Waals surface area contributed by atoms with Gasteiger partial charge in [0.25, 0.3) is 0 Å². The number of hydrogen-bond donors (Lipinski definition) is 1. The van der Waals surface area contributed by atoms with Gasteiger partial charge >= 0.3 is 5.97 Å². The maximum Gasteiger partial charge on any atom is 0.344 e. The summed E-state index contributed by atoms with van der Waals surface area (Å²) in [6, 6.07) is 5.59. The Morgan fingerprint density at radius 1 is 1.29 bits per heavy atom. The molecule has 0 aliphatic rings. The molecule has 118 valence electrons. The topological polar surface area (TPSA) is 56.8 Å². The number of unbranched alkanes of at least 4 members (excludes halogenated alkanes) is 1. The third-order valence-electron chi connectivity index (χ3n) is 2.95. The van der Waals surface area contributed by atoms with Crippen LogP contribution in [-0.4, -0.2) is 32.8 Å². The number of benzene rings is 1. The SMILES string of the molecule is CCCCOC(=O)COc1cc(OC)ccc1CNCC. The average Bonchev–Trinajstić information content (AvgIpc) is 2.51. The van der Waals surface area contributed by atoms with Gasteiger partial charge in [0.2, 0.25) is 0 Å². The summed E-state index contributed by atoms with van der Waals surface area (Å²) in [7, 11) is 1.60. The molecule has 0 fully saturated rings. The van der Waals surface area contributed by atoms with E-state index in [0.29, 0.717) is 24.7 Å². The van der Waals surface area contributed by atoms with E-state index in [4.69, 9.17) is 14.2 Å². The number of hydrogen-bond acceptors (Lipinski definition) is 5. The molecule has 0 saturated carbocycles. The van der Waals surface area contributed by atoms with Crippen molar-refractivity contribution < 1.29 is 19.0 Å². The number of carbonyl (C=O) groups excluding carboxylic acids is 1. The summed E-state index contributed by atoms with van der Waals surface area (Å²) in [5, 5.41) is 3.23. The van der Waals surface area contributed by atoms with Crippen molar-refractivity contribution in [2.75, 3.05) is 26.9 Å². The number of rotatable bonds is 10. The van der Waals surface area contributed by atoms with Gasteiger partial charge in [-0.2, -0.15) is 0 Å². The van der Waals surface area contributed by atoms with Crippen LogP contribution in [0.15, 0.2) is 18.2 Å². The Morgan fingerprint density at radius 3 is 2.76 bits per heavy atom. The molecule has 0 aliphatic carbocycles. The van der Waals surface area contributed by atoms with Crippen LogP contribution in [0.25, 0.3) is 0 Å². The van der Waals surface area contributed by atoms with E-state index < -0.39 is 0 Å². The van der Waals surface area contributed by atoms with E-state index in [1.807, 2.05) is 26.0 Å². The van der Waals surface area contributed by atoms with Crippen molar-refractivity contribution in [1.29, 1.82) is 0 Å². The fourth-order valence-corrected chi connectivity index (χ4v) is 1.71. The molecular weight excluding hydrogens is 270 g/mol. The van der Waals surface area contributed by atoms with Crippen molar-refractivity contribution in [3.63, 3.8) is 0 Å². The lowest BCUT2D eigenvalue weighted by molar-refractivity contribution is -0.146. The van der Waals surface area contributed by atoms with Gasteiger partial charge in [0, 0.05) is 18.2 Å². The largest absolute Gasteiger partial charge is 0.497 e. The van der Waals surface area contributed by atoms with Crippen molar-refractivity contribution in [1.82, 2.24) is 5.32 Å². The molecular formula is C16H25NO4. The van der Waals surface area contributed by atoms with E-state index in [-0.39, 0.29) is 12.6 Å². The summed E-state index contributed by atoms with van der Waals surface area (Å²) >= 11 is 0. The smallest absolute Gasteiger partial charge is 0.344 e. The molecule has 0 bridgehead atoms. The molecule has 0 amide bonds. The molecule has 0 atom stereocenters. The number of nitrogens with one attached hydrogen (secondary N) is 1. The molecule has 1 N–H and O–H groups in total. The Bertz CT molecular complexity index is 434. The molecule has 0 radical (unpaired) electrons. The normalized spacial score (nSPS) is 10.2. The second kappa shape index (κ2) is 10.0. The molecule has 0 aliphatic heterocycles. The van der Waals surface area contributed by atoms with E-state index in [1.165, 1.54) is 0 Å². The van der Waals surface area contributed by atoms with Gasteiger partial charge in [-0.3, -0.25) is 0 Å². The lowest BCUT2D eigenvalue weighted by Crippen LogP contribution is -2.17. The Morgan fingerprint density at radius 2 is 2.10 bits per heavy atom. The first kappa shape index (κ1) is 17.3. The minimum Gasteiger partial charge on any atom is -0.497 e. The average molecular weight is 295 g/mol. The van der Waals surface area contributed by atoms with Gasteiger partial charge in [-0.05, 0) is 19.0 Å². The molecule has 0 unspecified atom stereocenters. The van der Waals surface area contributed by atoms with Crippen molar-refractivity contribution in [3.05, 3.63) is 23.8 Å². The van der Waals surface area contributed by atoms with Gasteiger partial charge < -0.3 is 19.5 Å². The Labute approximate surface area is 126 Å². The van der Waals surface area contributed by atoms with Crippen LogP contribution in [0.2, 0.25) is 0 Å². The zero-order chi connectivity index (χ0) is 15.5. The van der Waals surface area contributed by atoms with Gasteiger partial charge in [0.1, 0.15) is 11.5 Å². The van der Waals surface area contributed by atoms with Gasteiger partial charge in [-0.15, -0.1) is 0 Å². The van der Waals surface area contributed by atoms with Gasteiger partial charge in [-0.1, -0.05) is 26.3 Å². The first-order valence-electron chi connectivity index (χ1n) is 7.37. The molecule has 0 aromatic heterocycles. The Balaban J connectivity index is 2.59. The highest BCUT2D eigenvalue weighted by atomic mass is 16.6. The van der Waals surface area contributed by atoms with E-state index in [9.17, 15) is 4.79 Å². The van der Waals surface area contributed by atoms with Crippen molar-refractivity contribution >= 4 is 5.97 Å². The van der Waals surface area contributed by atoms with E-state index >= 15 is 0 Å². The monoisotopic (exact) mass is 295 g/mol. The first-order chi connectivity index (χ1) is 10.2. The lowest BCUT2D eigenvalue weighted by atomic mass is 10.2. The minimum atomic E-state index is -0.347. The molecule has 1 aromatic carbocycles. The fraction of sp³-hybridized carbons (Fsp3) is 0.562. The second-order valence-electron chi connectivity index (χ2n) is 4.62. The van der Waals surface area contributed by atoms with Crippen LogP contribution in [0.5, 0.6) is 11.5 Å². The Kier molecular flexibility index (Phi) is 8.28. The minimum absolute atomic E-state index is 0.0873. The predicted molar refractivity (Wildman–Crippen MR) is 81.7 cm³/mol. The Hall–Kier alpha value is -1.75. The summed E-state index contributed by atoms with van der Waals surface area (Å²) in [4.78, 5) is 11.6. The quantitative estimate of drug-likeness (QED) is 0.531. The number of esters is 1. The van der Waals surface area contributed by atoms with Crippen molar-refractivity contribution in [3.8, 4) is 11.5 Å². The summed E-state index contributed by atoms with van der Waals surface area (Å²) in [6.45, 7) is 5.99. The van der Waals surface area contributed by atoms with Crippen LogP contribution >= 0.6 is 0 Å². The highest BCUT2D eigenvalue weighted by Crippen LogP contribution is 2.24. The van der Waals surface area contributed by atoms with Crippen LogP contribution in [0.3, 0.4) is 0 Å². The summed E-state index contributed by atoms with van der Waals surface area (Å²) < 4.78 is 15.8.